The number of aliphatic hydroxyl groups excluding tert-OH is 1. The number of rotatable bonds is 9. The van der Waals surface area contributed by atoms with Gasteiger partial charge in [0, 0.05) is 56.1 Å². The van der Waals surface area contributed by atoms with Crippen molar-refractivity contribution in [3.05, 3.63) is 54.4 Å². The highest BCUT2D eigenvalue weighted by Gasteiger charge is 2.35. The minimum Gasteiger partial charge on any atom is -0.486 e. The molecule has 3 fully saturated rings. The van der Waals surface area contributed by atoms with Gasteiger partial charge in [0.25, 0.3) is 0 Å². The molecular formula is C32H37FN8O4. The van der Waals surface area contributed by atoms with Gasteiger partial charge in [0.05, 0.1) is 43.9 Å². The monoisotopic (exact) mass is 616 g/mol. The quantitative estimate of drug-likeness (QED) is 0.367. The first-order valence-corrected chi connectivity index (χ1v) is 15.3. The second-order valence-electron chi connectivity index (χ2n) is 11.7. The van der Waals surface area contributed by atoms with E-state index < -0.39 is 18.2 Å². The fourth-order valence-electron chi connectivity index (χ4n) is 5.79. The first-order valence-electron chi connectivity index (χ1n) is 15.3. The highest BCUT2D eigenvalue weighted by Crippen LogP contribution is 2.29. The summed E-state index contributed by atoms with van der Waals surface area (Å²) in [5.74, 6) is 0.121. The second kappa shape index (κ2) is 13.7. The Morgan fingerprint density at radius 2 is 1.93 bits per heavy atom. The van der Waals surface area contributed by atoms with Crippen molar-refractivity contribution >= 4 is 23.2 Å². The summed E-state index contributed by atoms with van der Waals surface area (Å²) in [6.45, 7) is 7.23. The number of piperidine rings is 1. The number of alkyl halides is 1. The number of nitrogens with one attached hydrogen (secondary N) is 1. The van der Waals surface area contributed by atoms with Gasteiger partial charge >= 0.3 is 0 Å². The lowest BCUT2D eigenvalue weighted by Gasteiger charge is -2.43. The Hall–Kier alpha value is -4.38. The Morgan fingerprint density at radius 3 is 2.60 bits per heavy atom. The van der Waals surface area contributed by atoms with Crippen molar-refractivity contribution in [2.45, 2.75) is 31.7 Å². The molecule has 13 heteroatoms. The molecule has 1 aromatic heterocycles. The number of aromatic nitrogens is 3. The van der Waals surface area contributed by atoms with E-state index in [1.54, 1.807) is 25.1 Å². The third-order valence-corrected chi connectivity index (χ3v) is 8.64. The van der Waals surface area contributed by atoms with Crippen molar-refractivity contribution in [3.8, 4) is 23.2 Å². The summed E-state index contributed by atoms with van der Waals surface area (Å²) >= 11 is 0. The van der Waals surface area contributed by atoms with Crippen molar-refractivity contribution in [3.63, 3.8) is 0 Å². The number of nitriles is 1. The molecule has 3 saturated heterocycles. The number of anilines is 3. The molecule has 12 nitrogen and oxygen atoms in total. The van der Waals surface area contributed by atoms with E-state index in [1.807, 2.05) is 12.1 Å². The molecule has 236 valence electrons. The molecule has 0 aliphatic carbocycles. The summed E-state index contributed by atoms with van der Waals surface area (Å²) in [7, 11) is 0. The van der Waals surface area contributed by atoms with E-state index in [9.17, 15) is 19.6 Å². The number of amides is 1. The minimum atomic E-state index is -1.43. The summed E-state index contributed by atoms with van der Waals surface area (Å²) in [4.78, 5) is 31.7. The van der Waals surface area contributed by atoms with E-state index in [-0.39, 0.29) is 36.8 Å². The molecule has 2 aromatic carbocycles. The van der Waals surface area contributed by atoms with Gasteiger partial charge in [-0.3, -0.25) is 9.69 Å². The van der Waals surface area contributed by atoms with Crippen molar-refractivity contribution in [1.82, 2.24) is 24.8 Å². The van der Waals surface area contributed by atoms with Crippen LogP contribution >= 0.6 is 0 Å². The number of likely N-dealkylation sites (tertiary alicyclic amines) is 1. The van der Waals surface area contributed by atoms with Gasteiger partial charge in [0.1, 0.15) is 24.3 Å². The molecule has 3 aromatic rings. The fraction of sp³-hybridized carbons (Fsp3) is 0.469. The molecule has 1 unspecified atom stereocenters. The summed E-state index contributed by atoms with van der Waals surface area (Å²) in [6.07, 6.45) is -0.553. The number of ether oxygens (including phenoxy) is 2. The number of piperazine rings is 1. The van der Waals surface area contributed by atoms with E-state index >= 15 is 0 Å². The van der Waals surface area contributed by atoms with E-state index in [1.165, 1.54) is 16.9 Å². The van der Waals surface area contributed by atoms with Crippen molar-refractivity contribution < 1.29 is 23.8 Å². The zero-order valence-electron chi connectivity index (χ0n) is 25.2. The van der Waals surface area contributed by atoms with Crippen LogP contribution in [0.5, 0.6) is 5.75 Å². The van der Waals surface area contributed by atoms with Crippen molar-refractivity contribution in [2.24, 2.45) is 5.92 Å². The van der Waals surface area contributed by atoms with Crippen LogP contribution in [0, 0.1) is 17.2 Å². The zero-order chi connectivity index (χ0) is 31.3. The molecule has 2 N–H and O–H groups in total. The van der Waals surface area contributed by atoms with Gasteiger partial charge in [-0.1, -0.05) is 6.92 Å². The van der Waals surface area contributed by atoms with Crippen LogP contribution in [0.25, 0.3) is 11.4 Å². The van der Waals surface area contributed by atoms with Crippen molar-refractivity contribution in [2.75, 3.05) is 69.3 Å². The Kier molecular flexibility index (Phi) is 9.34. The number of aliphatic hydroxyl groups is 1. The van der Waals surface area contributed by atoms with Gasteiger partial charge in [-0.15, -0.1) is 0 Å². The summed E-state index contributed by atoms with van der Waals surface area (Å²) in [5.41, 5.74) is 2.81. The second-order valence-corrected chi connectivity index (χ2v) is 11.7. The fourth-order valence-corrected chi connectivity index (χ4v) is 5.79. The first kappa shape index (κ1) is 30.6. The molecular weight excluding hydrogens is 579 g/mol. The average Bonchev–Trinajstić information content (AvgIpc) is 3.05. The summed E-state index contributed by atoms with van der Waals surface area (Å²) in [6, 6.07) is 15.8. The van der Waals surface area contributed by atoms with Crippen LogP contribution in [-0.4, -0.2) is 113 Å². The Labute approximate surface area is 261 Å². The van der Waals surface area contributed by atoms with Crippen LogP contribution < -0.4 is 15.0 Å². The third kappa shape index (κ3) is 6.98. The van der Waals surface area contributed by atoms with Gasteiger partial charge in [0.2, 0.25) is 11.9 Å². The minimum absolute atomic E-state index is 0.120. The average molecular weight is 617 g/mol. The molecule has 3 aliphatic rings. The maximum Gasteiger partial charge on any atom is 0.230 e. The van der Waals surface area contributed by atoms with Crippen LogP contribution in [0.1, 0.15) is 18.9 Å². The lowest BCUT2D eigenvalue weighted by molar-refractivity contribution is -0.140. The molecule has 0 radical (unpaired) electrons. The number of carbonyl (C=O) groups excluding carboxylic acids is 1. The molecule has 6 rings (SSSR count). The largest absolute Gasteiger partial charge is 0.486 e. The van der Waals surface area contributed by atoms with Crippen LogP contribution in [0.3, 0.4) is 0 Å². The molecule has 1 amide bonds. The maximum absolute atomic E-state index is 15.0. The number of hydrogen-bond acceptors (Lipinski definition) is 11. The van der Waals surface area contributed by atoms with E-state index in [0.717, 1.165) is 45.1 Å². The number of carbonyl (C=O) groups is 1. The number of nitrogens with zero attached hydrogens (tertiary/aromatic N) is 7. The van der Waals surface area contributed by atoms with Gasteiger partial charge in [-0.2, -0.15) is 10.2 Å². The Morgan fingerprint density at radius 1 is 1.16 bits per heavy atom. The van der Waals surface area contributed by atoms with Crippen molar-refractivity contribution in [1.29, 1.82) is 5.26 Å². The molecule has 3 aliphatic heterocycles. The van der Waals surface area contributed by atoms with Crippen LogP contribution in [-0.2, 0) is 9.53 Å². The van der Waals surface area contributed by atoms with E-state index in [0.29, 0.717) is 29.9 Å². The van der Waals surface area contributed by atoms with Crippen LogP contribution in [0.4, 0.5) is 21.7 Å². The first-order chi connectivity index (χ1) is 21.9. The Bertz CT molecular complexity index is 1520. The Balaban J connectivity index is 1.07. The number of halogens is 1. The molecule has 45 heavy (non-hydrogen) atoms. The smallest absolute Gasteiger partial charge is 0.230 e. The van der Waals surface area contributed by atoms with Gasteiger partial charge in [-0.25, -0.2) is 14.4 Å². The molecule has 0 spiro atoms. The van der Waals surface area contributed by atoms with Crippen LogP contribution in [0.2, 0.25) is 0 Å². The number of benzene rings is 2. The molecule has 0 saturated carbocycles. The summed E-state index contributed by atoms with van der Waals surface area (Å²) < 4.78 is 26.2. The van der Waals surface area contributed by atoms with Gasteiger partial charge < -0.3 is 29.7 Å². The zero-order valence-corrected chi connectivity index (χ0v) is 25.2. The van der Waals surface area contributed by atoms with E-state index in [4.69, 9.17) is 9.47 Å². The predicted molar refractivity (Wildman–Crippen MR) is 165 cm³/mol. The highest BCUT2D eigenvalue weighted by molar-refractivity contribution is 5.78. The molecule has 4 heterocycles. The number of hydrogen-bond donors (Lipinski definition) is 2. The molecule has 3 atom stereocenters. The third-order valence-electron chi connectivity index (χ3n) is 8.64. The SMILES string of the molecule is C[C@H](CO)C(=O)N1CCC(Oc2ccc(-c3ncnc(Nc4ccc(N5CCN(C6COC6)CC5)cc4)n3)cc2C#N)[C@H](F)C1. The lowest BCUT2D eigenvalue weighted by Crippen LogP contribution is -2.56. The van der Waals surface area contributed by atoms with Gasteiger partial charge in [0.15, 0.2) is 12.0 Å². The normalized spacial score (nSPS) is 21.5. The molecule has 0 bridgehead atoms. The van der Waals surface area contributed by atoms with Gasteiger partial charge in [-0.05, 0) is 42.5 Å². The van der Waals surface area contributed by atoms with Crippen LogP contribution in [0.15, 0.2) is 48.8 Å². The highest BCUT2D eigenvalue weighted by atomic mass is 19.1. The summed E-state index contributed by atoms with van der Waals surface area (Å²) in [5, 5.41) is 22.3. The van der Waals surface area contributed by atoms with E-state index in [2.05, 4.69) is 48.3 Å². The predicted octanol–water partition coefficient (Wildman–Crippen LogP) is 2.62. The standard InChI is InChI=1S/C32H37FN8O4/c1-21(17-42)31(43)41-9-8-29(27(33)16-41)45-28-7-2-22(14-23(28)15-34)30-35-20-36-32(38-30)37-24-3-5-25(6-4-24)39-10-12-40(13-11-39)26-18-44-19-26/h2-7,14,20-21,26-27,29,42H,8-13,16-19H2,1H3,(H,35,36,37,38)/t21-,27-,29?/m1/s1. The lowest BCUT2D eigenvalue weighted by atomic mass is 10.0. The maximum atomic E-state index is 15.0. The topological polar surface area (TPSA) is 140 Å².